The molecule has 47 heavy (non-hydrogen) atoms. The minimum Gasteiger partial charge on any atom is -0.550 e. The van der Waals surface area contributed by atoms with Crippen molar-refractivity contribution in [2.75, 3.05) is 65.4 Å². The van der Waals surface area contributed by atoms with Crippen LogP contribution in [0.4, 0.5) is 0 Å². The van der Waals surface area contributed by atoms with Crippen molar-refractivity contribution in [2.45, 2.75) is 142 Å². The number of carboxylic acids is 2. The molecular formula is C34H70CaN4O8. The first-order valence-electron chi connectivity index (χ1n) is 18.0. The summed E-state index contributed by atoms with van der Waals surface area (Å²) in [4.78, 5) is 25.2. The number of carbonyl (C=O) groups excluding carboxylic acids is 2. The summed E-state index contributed by atoms with van der Waals surface area (Å²) < 4.78 is 0. The molecule has 0 aromatic rings. The van der Waals surface area contributed by atoms with E-state index < -0.39 is 24.1 Å². The number of carboxylic acid groups (broad SMARTS) is 2. The molecule has 276 valence electrons. The van der Waals surface area contributed by atoms with Crippen molar-refractivity contribution >= 4 is 49.7 Å². The summed E-state index contributed by atoms with van der Waals surface area (Å²) in [6, 6.07) is 0. The number of rotatable bonds is 32. The van der Waals surface area contributed by atoms with E-state index in [0.717, 1.165) is 77.0 Å². The van der Waals surface area contributed by atoms with Crippen molar-refractivity contribution in [1.29, 1.82) is 0 Å². The normalized spacial score (nSPS) is 13.8. The van der Waals surface area contributed by atoms with Gasteiger partial charge in [0.25, 0.3) is 0 Å². The topological polar surface area (TPSA) is 192 Å². The van der Waals surface area contributed by atoms with Crippen LogP contribution in [0.2, 0.25) is 0 Å². The first-order chi connectivity index (χ1) is 22.0. The van der Waals surface area contributed by atoms with Gasteiger partial charge >= 0.3 is 37.7 Å². The van der Waals surface area contributed by atoms with Crippen molar-refractivity contribution in [3.05, 3.63) is 0 Å². The standard InChI is InChI=1S/2C17H36N2O4.Ca/c2*1-3-5-7-15(20)13-18-10-12-19(11-9-17(22)23)14-16(21)8-6-4-2;/h2*15-16,18,20-21H,3-14H2,1-2H3,(H,22,23);/q;;+2/p-2. The summed E-state index contributed by atoms with van der Waals surface area (Å²) in [5.41, 5.74) is 0. The van der Waals surface area contributed by atoms with Gasteiger partial charge in [0.15, 0.2) is 0 Å². The van der Waals surface area contributed by atoms with Crippen LogP contribution in [0.5, 0.6) is 0 Å². The predicted octanol–water partition coefficient (Wildman–Crippen LogP) is -0.140. The minimum atomic E-state index is -1.07. The fourth-order valence-corrected chi connectivity index (χ4v) is 4.84. The Morgan fingerprint density at radius 1 is 0.553 bits per heavy atom. The molecule has 13 heteroatoms. The summed E-state index contributed by atoms with van der Waals surface area (Å²) in [5, 5.41) is 67.2. The number of aliphatic hydroxyl groups excluding tert-OH is 4. The zero-order valence-corrected chi connectivity index (χ0v) is 32.5. The minimum absolute atomic E-state index is 0. The maximum absolute atomic E-state index is 10.6. The molecule has 0 aromatic heterocycles. The molecule has 0 saturated heterocycles. The molecule has 0 bridgehead atoms. The summed E-state index contributed by atoms with van der Waals surface area (Å²) in [7, 11) is 0. The number of hydrogen-bond donors (Lipinski definition) is 6. The monoisotopic (exact) mass is 702 g/mol. The Bertz CT molecular complexity index is 643. The van der Waals surface area contributed by atoms with E-state index in [-0.39, 0.29) is 62.8 Å². The zero-order chi connectivity index (χ0) is 35.0. The second-order valence-corrected chi connectivity index (χ2v) is 12.4. The summed E-state index contributed by atoms with van der Waals surface area (Å²) in [6.07, 6.45) is 9.70. The van der Waals surface area contributed by atoms with Gasteiger partial charge < -0.3 is 50.9 Å². The van der Waals surface area contributed by atoms with Crippen molar-refractivity contribution < 1.29 is 40.2 Å². The molecule has 0 saturated carbocycles. The van der Waals surface area contributed by atoms with Gasteiger partial charge in [0.2, 0.25) is 0 Å². The number of hydrogen-bond acceptors (Lipinski definition) is 12. The van der Waals surface area contributed by atoms with Crippen molar-refractivity contribution in [2.24, 2.45) is 0 Å². The van der Waals surface area contributed by atoms with E-state index in [2.05, 4.69) is 38.3 Å². The van der Waals surface area contributed by atoms with Crippen LogP contribution < -0.4 is 20.8 Å². The Hall–Kier alpha value is -0.120. The van der Waals surface area contributed by atoms with Crippen molar-refractivity contribution in [1.82, 2.24) is 20.4 Å². The third-order valence-electron chi connectivity index (χ3n) is 7.74. The number of carbonyl (C=O) groups is 2. The molecule has 0 aromatic carbocycles. The van der Waals surface area contributed by atoms with Gasteiger partial charge in [-0.1, -0.05) is 79.1 Å². The SMILES string of the molecule is CCCCC(O)CNCCN(CCC(=O)[O-])CC(O)CCCC.CCCCC(O)CNCCN(CCC(=O)[O-])CC(O)CCCC.[Ca+2]. The van der Waals surface area contributed by atoms with Gasteiger partial charge in [-0.3, -0.25) is 9.80 Å². The van der Waals surface area contributed by atoms with Crippen LogP contribution in [0.25, 0.3) is 0 Å². The summed E-state index contributed by atoms with van der Waals surface area (Å²) in [5.74, 6) is -2.14. The molecule has 6 N–H and O–H groups in total. The quantitative estimate of drug-likeness (QED) is 0.0403. The van der Waals surface area contributed by atoms with Crippen LogP contribution in [0.15, 0.2) is 0 Å². The molecule has 0 spiro atoms. The molecule has 0 aliphatic rings. The van der Waals surface area contributed by atoms with E-state index in [1.807, 2.05) is 9.80 Å². The molecule has 12 nitrogen and oxygen atoms in total. The molecule has 0 radical (unpaired) electrons. The van der Waals surface area contributed by atoms with Crippen LogP contribution in [-0.2, 0) is 9.59 Å². The molecule has 4 atom stereocenters. The smallest absolute Gasteiger partial charge is 0.550 e. The Morgan fingerprint density at radius 3 is 1.13 bits per heavy atom. The average Bonchev–Trinajstić information content (AvgIpc) is 3.02. The maximum atomic E-state index is 10.6. The van der Waals surface area contributed by atoms with Gasteiger partial charge in [0, 0.05) is 77.4 Å². The van der Waals surface area contributed by atoms with Crippen LogP contribution in [0.3, 0.4) is 0 Å². The molecule has 0 rings (SSSR count). The molecule has 0 fully saturated rings. The van der Waals surface area contributed by atoms with Gasteiger partial charge in [0.05, 0.1) is 24.4 Å². The van der Waals surface area contributed by atoms with Crippen LogP contribution in [0, 0.1) is 0 Å². The van der Waals surface area contributed by atoms with Crippen molar-refractivity contribution in [3.8, 4) is 0 Å². The summed E-state index contributed by atoms with van der Waals surface area (Å²) in [6.45, 7) is 13.8. The molecule has 0 aliphatic heterocycles. The van der Waals surface area contributed by atoms with Crippen LogP contribution in [0.1, 0.15) is 118 Å². The third kappa shape index (κ3) is 38.5. The van der Waals surface area contributed by atoms with Crippen molar-refractivity contribution in [3.63, 3.8) is 0 Å². The largest absolute Gasteiger partial charge is 2.00 e. The Balaban J connectivity index is -0.000000807. The number of nitrogens with zero attached hydrogens (tertiary/aromatic N) is 2. The Kier molecular flexibility index (Phi) is 40.5. The molecule has 0 aliphatic carbocycles. The first kappa shape index (κ1) is 51.3. The molecular weight excluding hydrogens is 632 g/mol. The van der Waals surface area contributed by atoms with Gasteiger partial charge in [0.1, 0.15) is 0 Å². The van der Waals surface area contributed by atoms with Gasteiger partial charge in [-0.05, 0) is 38.5 Å². The second kappa shape index (κ2) is 37.1. The fraction of sp³-hybridized carbons (Fsp3) is 0.941. The summed E-state index contributed by atoms with van der Waals surface area (Å²) >= 11 is 0. The van der Waals surface area contributed by atoms with E-state index >= 15 is 0 Å². The first-order valence-corrected chi connectivity index (χ1v) is 18.0. The number of unbranched alkanes of at least 4 members (excludes halogenated alkanes) is 4. The van der Waals surface area contributed by atoms with E-state index in [4.69, 9.17) is 0 Å². The van der Waals surface area contributed by atoms with Crippen LogP contribution in [-0.4, -0.2) is 170 Å². The van der Waals surface area contributed by atoms with E-state index in [1.54, 1.807) is 0 Å². The number of nitrogens with one attached hydrogen (secondary N) is 2. The average molecular weight is 703 g/mol. The van der Waals surface area contributed by atoms with Gasteiger partial charge in [-0.15, -0.1) is 0 Å². The zero-order valence-electron chi connectivity index (χ0n) is 30.3. The molecule has 4 unspecified atom stereocenters. The second-order valence-electron chi connectivity index (χ2n) is 12.4. The molecule has 0 amide bonds. The van der Waals surface area contributed by atoms with E-state index in [9.17, 15) is 40.2 Å². The number of aliphatic carboxylic acids is 2. The maximum Gasteiger partial charge on any atom is 2.00 e. The predicted molar refractivity (Wildman–Crippen MR) is 186 cm³/mol. The number of aliphatic hydroxyl groups is 4. The van der Waals surface area contributed by atoms with E-state index in [1.165, 1.54) is 0 Å². The third-order valence-corrected chi connectivity index (χ3v) is 7.74. The van der Waals surface area contributed by atoms with Gasteiger partial charge in [-0.25, -0.2) is 0 Å². The van der Waals surface area contributed by atoms with E-state index in [0.29, 0.717) is 65.4 Å². The van der Waals surface area contributed by atoms with Gasteiger partial charge in [-0.2, -0.15) is 0 Å². The Morgan fingerprint density at radius 2 is 0.851 bits per heavy atom. The molecule has 0 heterocycles. The fourth-order valence-electron chi connectivity index (χ4n) is 4.84. The van der Waals surface area contributed by atoms with Crippen LogP contribution >= 0.6 is 0 Å². The Labute approximate surface area is 316 Å².